The van der Waals surface area contributed by atoms with Crippen LogP contribution in [0.3, 0.4) is 0 Å². The van der Waals surface area contributed by atoms with Gasteiger partial charge >= 0.3 is 0 Å². The smallest absolute Gasteiger partial charge is 0.251 e. The number of benzene rings is 1. The first kappa shape index (κ1) is 26.8. The molecule has 4 heterocycles. The van der Waals surface area contributed by atoms with Gasteiger partial charge in [-0.05, 0) is 44.5 Å². The van der Waals surface area contributed by atoms with Crippen molar-refractivity contribution < 1.29 is 19.5 Å². The molecule has 38 heavy (non-hydrogen) atoms. The van der Waals surface area contributed by atoms with E-state index < -0.39 is 28.7 Å². The van der Waals surface area contributed by atoms with E-state index in [2.05, 4.69) is 18.7 Å². The fourth-order valence-corrected chi connectivity index (χ4v) is 8.67. The molecule has 4 aliphatic rings. The number of thioether (sulfide) groups is 1. The Morgan fingerprint density at radius 2 is 1.74 bits per heavy atom. The molecule has 8 nitrogen and oxygen atoms in total. The third-order valence-corrected chi connectivity index (χ3v) is 10.4. The number of carbonyl (C=O) groups excluding carboxylic acids is 3. The molecular weight excluding hydrogens is 500 g/mol. The number of hydrogen-bond donors (Lipinski definition) is 1. The summed E-state index contributed by atoms with van der Waals surface area (Å²) in [6, 6.07) is 6.69. The third-order valence-electron chi connectivity index (χ3n) is 8.66. The largest absolute Gasteiger partial charge is 0.394 e. The van der Waals surface area contributed by atoms with Gasteiger partial charge < -0.3 is 24.7 Å². The molecule has 6 atom stereocenters. The predicted molar refractivity (Wildman–Crippen MR) is 151 cm³/mol. The summed E-state index contributed by atoms with van der Waals surface area (Å²) in [5.74, 6) is -1.63. The van der Waals surface area contributed by atoms with E-state index in [0.717, 1.165) is 24.5 Å². The lowest BCUT2D eigenvalue weighted by Gasteiger charge is -2.38. The molecule has 0 aromatic heterocycles. The van der Waals surface area contributed by atoms with Crippen molar-refractivity contribution in [3.63, 3.8) is 0 Å². The molecule has 1 aromatic carbocycles. The van der Waals surface area contributed by atoms with E-state index in [1.807, 2.05) is 55.5 Å². The molecule has 9 heteroatoms. The molecule has 2 fully saturated rings. The van der Waals surface area contributed by atoms with Gasteiger partial charge in [-0.25, -0.2) is 0 Å². The molecule has 0 saturated carbocycles. The standard InChI is InChI=1S/C29H38N4O4S/c1-5-19(18-34)33-25-28(37)32(21-13-11-20(12-14-21)31(6-2)7-3)17-9-15-29(25)24(27(33)36)23-22(38-29)10-8-16-30(4)26(23)35/h8-15,19,22-25,34H,5-7,16-18H2,1-4H3/t19-,22-,23+,24-,25?,29-/m0/s1. The minimum atomic E-state index is -0.875. The van der Waals surface area contributed by atoms with Crippen LogP contribution in [-0.4, -0.2) is 94.5 Å². The van der Waals surface area contributed by atoms with Crippen molar-refractivity contribution >= 4 is 40.9 Å². The van der Waals surface area contributed by atoms with E-state index in [9.17, 15) is 19.5 Å². The molecule has 0 bridgehead atoms. The molecule has 5 rings (SSSR count). The monoisotopic (exact) mass is 538 g/mol. The van der Waals surface area contributed by atoms with Crippen LogP contribution in [0.25, 0.3) is 0 Å². The number of fused-ring (bicyclic) bond motifs is 2. The van der Waals surface area contributed by atoms with E-state index in [0.29, 0.717) is 19.5 Å². The topological polar surface area (TPSA) is 84.4 Å². The van der Waals surface area contributed by atoms with Crippen LogP contribution < -0.4 is 9.80 Å². The van der Waals surface area contributed by atoms with Gasteiger partial charge in [-0.15, -0.1) is 11.8 Å². The molecule has 1 aromatic rings. The fourth-order valence-electron chi connectivity index (χ4n) is 6.67. The maximum absolute atomic E-state index is 14.5. The highest BCUT2D eigenvalue weighted by Gasteiger charge is 2.71. The first-order valence-electron chi connectivity index (χ1n) is 13.7. The van der Waals surface area contributed by atoms with E-state index in [1.165, 1.54) is 0 Å². The first-order chi connectivity index (χ1) is 18.3. The molecule has 4 aliphatic heterocycles. The van der Waals surface area contributed by atoms with Gasteiger partial charge in [0.05, 0.1) is 29.2 Å². The van der Waals surface area contributed by atoms with Crippen molar-refractivity contribution in [2.45, 2.75) is 49.3 Å². The second kappa shape index (κ2) is 10.4. The van der Waals surface area contributed by atoms with Gasteiger partial charge in [0.2, 0.25) is 11.8 Å². The van der Waals surface area contributed by atoms with E-state index >= 15 is 0 Å². The number of likely N-dealkylation sites (tertiary alicyclic amines) is 1. The summed E-state index contributed by atoms with van der Waals surface area (Å²) < 4.78 is -0.875. The molecule has 1 unspecified atom stereocenters. The minimum absolute atomic E-state index is 0.0608. The number of amides is 3. The maximum Gasteiger partial charge on any atom is 0.251 e. The van der Waals surface area contributed by atoms with Crippen LogP contribution in [0.2, 0.25) is 0 Å². The number of aliphatic hydroxyl groups excluding tert-OH is 1. The van der Waals surface area contributed by atoms with Crippen molar-refractivity contribution in [3.05, 3.63) is 48.6 Å². The second-order valence-electron chi connectivity index (χ2n) is 10.5. The minimum Gasteiger partial charge on any atom is -0.394 e. The predicted octanol–water partition coefficient (Wildman–Crippen LogP) is 2.53. The van der Waals surface area contributed by atoms with Gasteiger partial charge in [-0.3, -0.25) is 14.4 Å². The molecule has 204 valence electrons. The van der Waals surface area contributed by atoms with Gasteiger partial charge in [0.25, 0.3) is 5.91 Å². The van der Waals surface area contributed by atoms with Gasteiger partial charge in [0, 0.05) is 49.9 Å². The highest BCUT2D eigenvalue weighted by atomic mass is 32.2. The van der Waals surface area contributed by atoms with Gasteiger partial charge in [0.15, 0.2) is 0 Å². The second-order valence-corrected chi connectivity index (χ2v) is 12.0. The zero-order valence-corrected chi connectivity index (χ0v) is 23.4. The lowest BCUT2D eigenvalue weighted by molar-refractivity contribution is -0.144. The number of nitrogens with zero attached hydrogens (tertiary/aromatic N) is 4. The lowest BCUT2D eigenvalue weighted by Crippen LogP contribution is -2.56. The Hall–Kier alpha value is -2.78. The highest BCUT2D eigenvalue weighted by Crippen LogP contribution is 2.61. The van der Waals surface area contributed by atoms with Crippen LogP contribution in [0.5, 0.6) is 0 Å². The van der Waals surface area contributed by atoms with Gasteiger partial charge in [-0.1, -0.05) is 31.2 Å². The maximum atomic E-state index is 14.5. The Bertz CT molecular complexity index is 1150. The van der Waals surface area contributed by atoms with Crippen molar-refractivity contribution in [2.75, 3.05) is 49.6 Å². The summed E-state index contributed by atoms with van der Waals surface area (Å²) in [6.45, 7) is 8.59. The average Bonchev–Trinajstić information content (AvgIpc) is 3.25. The van der Waals surface area contributed by atoms with Gasteiger partial charge in [0.1, 0.15) is 6.04 Å². The number of carbonyl (C=O) groups is 3. The molecule has 2 saturated heterocycles. The summed E-state index contributed by atoms with van der Waals surface area (Å²) in [4.78, 5) is 49.5. The van der Waals surface area contributed by atoms with Crippen LogP contribution >= 0.6 is 11.8 Å². The number of aliphatic hydroxyl groups is 1. The Morgan fingerprint density at radius 3 is 2.37 bits per heavy atom. The van der Waals surface area contributed by atoms with Crippen molar-refractivity contribution in [2.24, 2.45) is 11.8 Å². The lowest BCUT2D eigenvalue weighted by atomic mass is 9.78. The van der Waals surface area contributed by atoms with E-state index in [4.69, 9.17) is 0 Å². The Kier molecular flexibility index (Phi) is 7.35. The SMILES string of the molecule is CC[C@@H](CO)N1C(=O)[C@@H]2[C@@H]3C(=O)N(C)CC=C[C@@H]3S[C@@]23C=CCN(c2ccc(N(CC)CC)cc2)C(=O)C13. The van der Waals surface area contributed by atoms with Crippen molar-refractivity contribution in [1.29, 1.82) is 0 Å². The molecule has 3 amide bonds. The fraction of sp³-hybridized carbons (Fsp3) is 0.552. The zero-order chi connectivity index (χ0) is 27.2. The van der Waals surface area contributed by atoms with Gasteiger partial charge in [-0.2, -0.15) is 0 Å². The molecule has 1 spiro atoms. The van der Waals surface area contributed by atoms with Crippen molar-refractivity contribution in [3.8, 4) is 0 Å². The summed E-state index contributed by atoms with van der Waals surface area (Å²) in [5, 5.41) is 10.1. The number of rotatable bonds is 7. The quantitative estimate of drug-likeness (QED) is 0.538. The van der Waals surface area contributed by atoms with Crippen LogP contribution in [0.15, 0.2) is 48.6 Å². The summed E-state index contributed by atoms with van der Waals surface area (Å²) in [5.41, 5.74) is 1.87. The van der Waals surface area contributed by atoms with Crippen LogP contribution in [0.1, 0.15) is 27.2 Å². The Balaban J connectivity index is 1.58. The zero-order valence-electron chi connectivity index (χ0n) is 22.6. The average molecular weight is 539 g/mol. The van der Waals surface area contributed by atoms with E-state index in [-0.39, 0.29) is 29.6 Å². The van der Waals surface area contributed by atoms with Crippen LogP contribution in [-0.2, 0) is 14.4 Å². The number of hydrogen-bond acceptors (Lipinski definition) is 6. The third kappa shape index (κ3) is 3.97. The highest BCUT2D eigenvalue weighted by molar-refractivity contribution is 8.02. The number of anilines is 2. The molecular formula is C29H38N4O4S. The summed E-state index contributed by atoms with van der Waals surface area (Å²) in [7, 11) is 1.76. The normalized spacial score (nSPS) is 31.2. The van der Waals surface area contributed by atoms with Crippen LogP contribution in [0, 0.1) is 11.8 Å². The molecule has 1 N–H and O–H groups in total. The Labute approximate surface area is 229 Å². The number of likely N-dealkylation sites (N-methyl/N-ethyl adjacent to an activating group) is 1. The van der Waals surface area contributed by atoms with Crippen molar-refractivity contribution in [1.82, 2.24) is 9.80 Å². The summed E-state index contributed by atoms with van der Waals surface area (Å²) >= 11 is 1.57. The molecule has 0 aliphatic carbocycles. The summed E-state index contributed by atoms with van der Waals surface area (Å²) in [6.07, 6.45) is 8.54. The van der Waals surface area contributed by atoms with E-state index in [1.54, 1.807) is 33.5 Å². The molecule has 0 radical (unpaired) electrons. The van der Waals surface area contributed by atoms with Crippen LogP contribution in [0.4, 0.5) is 11.4 Å². The first-order valence-corrected chi connectivity index (χ1v) is 14.6. The Morgan fingerprint density at radius 1 is 1.03 bits per heavy atom.